The summed E-state index contributed by atoms with van der Waals surface area (Å²) >= 11 is 12.6. The normalized spacial score (nSPS) is 11.3. The van der Waals surface area contributed by atoms with Crippen LogP contribution in [0.1, 0.15) is 0 Å². The Kier molecular flexibility index (Phi) is 10.1. The summed E-state index contributed by atoms with van der Waals surface area (Å²) in [6.45, 7) is 0. The predicted molar refractivity (Wildman–Crippen MR) is 260 cm³/mol. The highest BCUT2D eigenvalue weighted by molar-refractivity contribution is 6.28. The summed E-state index contributed by atoms with van der Waals surface area (Å²) in [5.41, 5.74) is 10.3. The van der Waals surface area contributed by atoms with Crippen molar-refractivity contribution in [1.29, 1.82) is 0 Å². The van der Waals surface area contributed by atoms with Gasteiger partial charge in [-0.25, -0.2) is 9.97 Å². The Morgan fingerprint density at radius 1 is 0.266 bits per heavy atom. The van der Waals surface area contributed by atoms with Gasteiger partial charge in [0.25, 0.3) is 0 Å². The minimum Gasteiger partial charge on any atom is -0.309 e. The van der Waals surface area contributed by atoms with Crippen molar-refractivity contribution in [2.45, 2.75) is 0 Å². The van der Waals surface area contributed by atoms with Gasteiger partial charge in [0.1, 0.15) is 0 Å². The topological polar surface area (TPSA) is 87.2 Å². The molecular formula is C54H34Cl2N8. The maximum atomic E-state index is 6.28. The number of para-hydroxylation sites is 4. The van der Waals surface area contributed by atoms with Crippen LogP contribution in [-0.2, 0) is 0 Å². The van der Waals surface area contributed by atoms with Crippen LogP contribution in [0.2, 0.25) is 10.6 Å². The second-order valence-corrected chi connectivity index (χ2v) is 15.8. The van der Waals surface area contributed by atoms with E-state index in [2.05, 4.69) is 150 Å². The van der Waals surface area contributed by atoms with Crippen molar-refractivity contribution < 1.29 is 0 Å². The summed E-state index contributed by atoms with van der Waals surface area (Å²) in [4.78, 5) is 26.9. The van der Waals surface area contributed by atoms with Crippen LogP contribution >= 0.6 is 23.2 Å². The molecule has 12 aromatic rings. The molecule has 0 amide bonds. The Morgan fingerprint density at radius 3 is 0.891 bits per heavy atom. The molecule has 0 radical (unpaired) electrons. The SMILES string of the molecule is Clc1nc(-c2ccccc2)nc(-c2cccc(-n3c4ccccc4c4ccccc43)c2)n1.Clc1nc(-c2ccccc2)nc(-c2cccc(-n3c4ccccc4c4ccccc43)c2)n1. The number of benzene rings is 8. The van der Waals surface area contributed by atoms with Crippen LogP contribution in [0.3, 0.4) is 0 Å². The van der Waals surface area contributed by atoms with E-state index in [0.717, 1.165) is 55.7 Å². The van der Waals surface area contributed by atoms with Gasteiger partial charge in [-0.3, -0.25) is 0 Å². The first-order chi connectivity index (χ1) is 31.6. The molecule has 0 aliphatic heterocycles. The van der Waals surface area contributed by atoms with Gasteiger partial charge in [0.05, 0.1) is 22.1 Å². The minimum atomic E-state index is 0.177. The average Bonchev–Trinajstić information content (AvgIpc) is 3.88. The fourth-order valence-corrected chi connectivity index (χ4v) is 8.68. The zero-order valence-electron chi connectivity index (χ0n) is 34.0. The van der Waals surface area contributed by atoms with Gasteiger partial charge in [-0.15, -0.1) is 0 Å². The van der Waals surface area contributed by atoms with Gasteiger partial charge in [-0.05, 0) is 71.7 Å². The van der Waals surface area contributed by atoms with E-state index < -0.39 is 0 Å². The van der Waals surface area contributed by atoms with Crippen molar-refractivity contribution in [2.24, 2.45) is 0 Å². The van der Waals surface area contributed by atoms with Crippen LogP contribution in [0, 0.1) is 0 Å². The second kappa shape index (κ2) is 16.7. The van der Waals surface area contributed by atoms with Gasteiger partial charge in [-0.1, -0.05) is 158 Å². The summed E-state index contributed by atoms with van der Waals surface area (Å²) in [7, 11) is 0. The molecule has 10 heteroatoms. The Hall–Kier alpha value is -8.04. The Bertz CT molecular complexity index is 3310. The van der Waals surface area contributed by atoms with Crippen molar-refractivity contribution in [3.8, 4) is 56.9 Å². The zero-order valence-corrected chi connectivity index (χ0v) is 35.5. The van der Waals surface area contributed by atoms with Crippen LogP contribution in [0.25, 0.3) is 101 Å². The highest BCUT2D eigenvalue weighted by Crippen LogP contribution is 2.35. The van der Waals surface area contributed by atoms with E-state index in [0.29, 0.717) is 23.3 Å². The molecule has 0 bridgehead atoms. The van der Waals surface area contributed by atoms with E-state index in [4.69, 9.17) is 33.2 Å². The number of halogens is 2. The number of hydrogen-bond acceptors (Lipinski definition) is 6. The predicted octanol–water partition coefficient (Wildman–Crippen LogP) is 13.9. The fourth-order valence-electron chi connectivity index (χ4n) is 8.36. The molecule has 8 aromatic carbocycles. The Labute approximate surface area is 377 Å². The van der Waals surface area contributed by atoms with Crippen LogP contribution in [-0.4, -0.2) is 39.0 Å². The van der Waals surface area contributed by atoms with Gasteiger partial charge < -0.3 is 9.13 Å². The molecular weight excluding hydrogens is 832 g/mol. The molecule has 0 unspecified atom stereocenters. The van der Waals surface area contributed by atoms with Crippen LogP contribution in [0.15, 0.2) is 206 Å². The van der Waals surface area contributed by atoms with Gasteiger partial charge in [-0.2, -0.15) is 19.9 Å². The number of nitrogens with zero attached hydrogens (tertiary/aromatic N) is 8. The summed E-state index contributed by atoms with van der Waals surface area (Å²) in [5.74, 6) is 2.21. The van der Waals surface area contributed by atoms with Gasteiger partial charge in [0, 0.05) is 55.2 Å². The smallest absolute Gasteiger partial charge is 0.226 e. The molecule has 4 heterocycles. The van der Waals surface area contributed by atoms with Gasteiger partial charge >= 0.3 is 0 Å². The number of hydrogen-bond donors (Lipinski definition) is 0. The lowest BCUT2D eigenvalue weighted by Crippen LogP contribution is -1.99. The summed E-state index contributed by atoms with van der Waals surface area (Å²) in [5, 5.41) is 5.25. The van der Waals surface area contributed by atoms with Crippen molar-refractivity contribution in [3.05, 3.63) is 217 Å². The molecule has 12 rings (SSSR count). The standard InChI is InChI=1S/2C27H17ClN4/c2*28-27-30-25(18-9-2-1-3-10-18)29-26(31-27)19-11-8-12-20(17-19)32-23-15-6-4-13-21(23)22-14-5-7-16-24(22)32/h2*1-17H. The van der Waals surface area contributed by atoms with Crippen LogP contribution < -0.4 is 0 Å². The maximum Gasteiger partial charge on any atom is 0.226 e. The van der Waals surface area contributed by atoms with E-state index >= 15 is 0 Å². The number of aromatic nitrogens is 8. The Morgan fingerprint density at radius 2 is 0.547 bits per heavy atom. The lowest BCUT2D eigenvalue weighted by molar-refractivity contribution is 1.06. The largest absolute Gasteiger partial charge is 0.309 e. The summed E-state index contributed by atoms with van der Waals surface area (Å²) in [6, 6.07) is 69.8. The van der Waals surface area contributed by atoms with E-state index in [-0.39, 0.29) is 10.6 Å². The molecule has 0 fully saturated rings. The van der Waals surface area contributed by atoms with Crippen LogP contribution in [0.5, 0.6) is 0 Å². The third-order valence-electron chi connectivity index (χ3n) is 11.2. The van der Waals surface area contributed by atoms with Crippen molar-refractivity contribution >= 4 is 66.8 Å². The number of rotatable bonds is 6. The summed E-state index contributed by atoms with van der Waals surface area (Å²) in [6.07, 6.45) is 0. The molecule has 4 aromatic heterocycles. The third-order valence-corrected chi connectivity index (χ3v) is 11.5. The van der Waals surface area contributed by atoms with E-state index in [1.54, 1.807) is 0 Å². The molecule has 0 saturated heterocycles. The quantitative estimate of drug-likeness (QED) is 0.165. The monoisotopic (exact) mass is 864 g/mol. The first-order valence-corrected chi connectivity index (χ1v) is 21.4. The van der Waals surface area contributed by atoms with Crippen molar-refractivity contribution in [1.82, 2.24) is 39.0 Å². The van der Waals surface area contributed by atoms with Gasteiger partial charge in [0.15, 0.2) is 23.3 Å². The first-order valence-electron chi connectivity index (χ1n) is 20.7. The third kappa shape index (κ3) is 7.30. The molecule has 0 aliphatic rings. The zero-order chi connectivity index (χ0) is 43.0. The van der Waals surface area contributed by atoms with E-state index in [9.17, 15) is 0 Å². The molecule has 0 N–H and O–H groups in total. The lowest BCUT2D eigenvalue weighted by atomic mass is 10.1. The van der Waals surface area contributed by atoms with E-state index in [1.807, 2.05) is 84.9 Å². The number of fused-ring (bicyclic) bond motifs is 6. The molecule has 0 atom stereocenters. The highest BCUT2D eigenvalue weighted by atomic mass is 35.5. The minimum absolute atomic E-state index is 0.177. The van der Waals surface area contributed by atoms with Crippen LogP contribution in [0.4, 0.5) is 0 Å². The second-order valence-electron chi connectivity index (χ2n) is 15.1. The Balaban J connectivity index is 0.000000143. The molecule has 64 heavy (non-hydrogen) atoms. The van der Waals surface area contributed by atoms with Crippen molar-refractivity contribution in [2.75, 3.05) is 0 Å². The summed E-state index contributed by atoms with van der Waals surface area (Å²) < 4.78 is 4.55. The van der Waals surface area contributed by atoms with Crippen molar-refractivity contribution in [3.63, 3.8) is 0 Å². The maximum absolute atomic E-state index is 6.28. The molecule has 0 aliphatic carbocycles. The molecule has 304 valence electrons. The van der Waals surface area contributed by atoms with Gasteiger partial charge in [0.2, 0.25) is 10.6 Å². The van der Waals surface area contributed by atoms with E-state index in [1.165, 1.54) is 21.5 Å². The average molecular weight is 866 g/mol. The molecule has 0 saturated carbocycles. The molecule has 8 nitrogen and oxygen atoms in total. The first kappa shape index (κ1) is 38.9. The molecule has 0 spiro atoms. The lowest BCUT2D eigenvalue weighted by Gasteiger charge is -2.10. The fraction of sp³-hybridized carbons (Fsp3) is 0. The highest BCUT2D eigenvalue weighted by Gasteiger charge is 2.16.